The molecule has 1 heterocycles. The molecule has 0 fully saturated rings. The van der Waals surface area contributed by atoms with Crippen LogP contribution in [0.25, 0.3) is 0 Å². The molecule has 0 spiro atoms. The summed E-state index contributed by atoms with van der Waals surface area (Å²) in [4.78, 5) is 12.8. The minimum atomic E-state index is -0.414. The second kappa shape index (κ2) is 4.83. The highest BCUT2D eigenvalue weighted by Crippen LogP contribution is 2.02. The van der Waals surface area contributed by atoms with Crippen molar-refractivity contribution >= 4 is 5.82 Å². The molecule has 0 amide bonds. The lowest BCUT2D eigenvalue weighted by Crippen LogP contribution is -2.33. The van der Waals surface area contributed by atoms with Gasteiger partial charge in [0.1, 0.15) is 0 Å². The SMILES string of the molecule is CN(C)CCCN(N)c1cc(=O)o[nH]1. The molecular formula is C8H16N4O2. The normalized spacial score (nSPS) is 10.9. The summed E-state index contributed by atoms with van der Waals surface area (Å²) in [6.07, 6.45) is 0.927. The number of hydrogen-bond acceptors (Lipinski definition) is 5. The number of hydrazine groups is 1. The van der Waals surface area contributed by atoms with Gasteiger partial charge in [-0.2, -0.15) is 0 Å². The fraction of sp³-hybridized carbons (Fsp3) is 0.625. The van der Waals surface area contributed by atoms with E-state index in [2.05, 4.69) is 14.6 Å². The summed E-state index contributed by atoms with van der Waals surface area (Å²) in [6.45, 7) is 1.63. The van der Waals surface area contributed by atoms with E-state index in [4.69, 9.17) is 5.84 Å². The van der Waals surface area contributed by atoms with Gasteiger partial charge in [-0.3, -0.25) is 5.01 Å². The summed E-state index contributed by atoms with van der Waals surface area (Å²) in [5.41, 5.74) is -0.414. The third kappa shape index (κ3) is 3.23. The zero-order valence-corrected chi connectivity index (χ0v) is 8.49. The summed E-state index contributed by atoms with van der Waals surface area (Å²) in [5, 5.41) is 3.91. The van der Waals surface area contributed by atoms with Crippen molar-refractivity contribution in [2.24, 2.45) is 5.84 Å². The monoisotopic (exact) mass is 200 g/mol. The zero-order valence-electron chi connectivity index (χ0n) is 8.49. The van der Waals surface area contributed by atoms with Crippen molar-refractivity contribution in [3.8, 4) is 0 Å². The number of nitrogens with zero attached hydrogens (tertiary/aromatic N) is 2. The van der Waals surface area contributed by atoms with Gasteiger partial charge < -0.3 is 9.42 Å². The standard InChI is InChI=1S/C8H16N4O2/c1-11(2)4-3-5-12(9)7-6-8(13)14-10-7/h6,10H,3-5,9H2,1-2H3. The van der Waals surface area contributed by atoms with E-state index in [-0.39, 0.29) is 0 Å². The Morgan fingerprint density at radius 1 is 1.50 bits per heavy atom. The van der Waals surface area contributed by atoms with Crippen LogP contribution in [0.4, 0.5) is 5.82 Å². The van der Waals surface area contributed by atoms with Crippen molar-refractivity contribution < 1.29 is 4.52 Å². The van der Waals surface area contributed by atoms with Crippen LogP contribution in [0.5, 0.6) is 0 Å². The highest BCUT2D eigenvalue weighted by Gasteiger charge is 2.04. The van der Waals surface area contributed by atoms with E-state index in [1.165, 1.54) is 11.1 Å². The minimum absolute atomic E-state index is 0.414. The molecule has 1 aromatic rings. The molecule has 1 aromatic heterocycles. The number of anilines is 1. The first-order chi connectivity index (χ1) is 6.59. The van der Waals surface area contributed by atoms with E-state index in [1.807, 2.05) is 14.1 Å². The Kier molecular flexibility index (Phi) is 3.73. The van der Waals surface area contributed by atoms with Gasteiger partial charge in [0.05, 0.1) is 6.07 Å². The lowest BCUT2D eigenvalue weighted by molar-refractivity contribution is 0.387. The van der Waals surface area contributed by atoms with Crippen LogP contribution in [0, 0.1) is 0 Å². The number of nitrogens with two attached hydrogens (primary N) is 1. The minimum Gasteiger partial charge on any atom is -0.337 e. The molecule has 0 radical (unpaired) electrons. The molecule has 0 aliphatic heterocycles. The number of nitrogens with one attached hydrogen (secondary N) is 1. The molecule has 0 aliphatic carbocycles. The van der Waals surface area contributed by atoms with Gasteiger partial charge in [-0.1, -0.05) is 0 Å². The Morgan fingerprint density at radius 3 is 2.71 bits per heavy atom. The van der Waals surface area contributed by atoms with Crippen molar-refractivity contribution in [2.75, 3.05) is 32.2 Å². The maximum atomic E-state index is 10.7. The van der Waals surface area contributed by atoms with Crippen molar-refractivity contribution in [3.05, 3.63) is 16.5 Å². The summed E-state index contributed by atoms with van der Waals surface area (Å²) >= 11 is 0. The number of rotatable bonds is 5. The zero-order chi connectivity index (χ0) is 10.6. The van der Waals surface area contributed by atoms with Crippen LogP contribution in [0.1, 0.15) is 6.42 Å². The van der Waals surface area contributed by atoms with Crippen LogP contribution in [0.2, 0.25) is 0 Å². The maximum absolute atomic E-state index is 10.7. The largest absolute Gasteiger partial charge is 0.359 e. The van der Waals surface area contributed by atoms with Crippen LogP contribution in [-0.2, 0) is 0 Å². The molecule has 0 atom stereocenters. The molecule has 0 saturated carbocycles. The number of aromatic nitrogens is 1. The fourth-order valence-electron chi connectivity index (χ4n) is 1.09. The predicted octanol–water partition coefficient (Wildman–Crippen LogP) is -0.400. The molecule has 0 saturated heterocycles. The summed E-state index contributed by atoms with van der Waals surface area (Å²) in [7, 11) is 4.00. The van der Waals surface area contributed by atoms with Gasteiger partial charge in [0.2, 0.25) is 0 Å². The van der Waals surface area contributed by atoms with Gasteiger partial charge in [-0.25, -0.2) is 15.8 Å². The van der Waals surface area contributed by atoms with Gasteiger partial charge in [0, 0.05) is 6.54 Å². The van der Waals surface area contributed by atoms with E-state index in [0.29, 0.717) is 12.4 Å². The van der Waals surface area contributed by atoms with Crippen LogP contribution < -0.4 is 16.5 Å². The van der Waals surface area contributed by atoms with Gasteiger partial charge >= 0.3 is 5.63 Å². The van der Waals surface area contributed by atoms with E-state index in [1.54, 1.807) is 0 Å². The van der Waals surface area contributed by atoms with Crippen molar-refractivity contribution in [3.63, 3.8) is 0 Å². The van der Waals surface area contributed by atoms with E-state index in [9.17, 15) is 4.79 Å². The second-order valence-corrected chi connectivity index (χ2v) is 3.40. The maximum Gasteiger partial charge on any atom is 0.359 e. The molecule has 0 aromatic carbocycles. The van der Waals surface area contributed by atoms with Gasteiger partial charge in [0.25, 0.3) is 0 Å². The van der Waals surface area contributed by atoms with Crippen molar-refractivity contribution in [1.82, 2.24) is 10.1 Å². The average molecular weight is 200 g/mol. The summed E-state index contributed by atoms with van der Waals surface area (Å²) in [5.74, 6) is 6.19. The Balaban J connectivity index is 2.35. The topological polar surface area (TPSA) is 78.5 Å². The first-order valence-electron chi connectivity index (χ1n) is 4.45. The number of H-pyrrole nitrogens is 1. The second-order valence-electron chi connectivity index (χ2n) is 3.40. The molecule has 6 nitrogen and oxygen atoms in total. The third-order valence-electron chi connectivity index (χ3n) is 1.82. The molecular weight excluding hydrogens is 184 g/mol. The third-order valence-corrected chi connectivity index (χ3v) is 1.82. The molecule has 0 bridgehead atoms. The highest BCUT2D eigenvalue weighted by atomic mass is 16.5. The number of aromatic amines is 1. The molecule has 14 heavy (non-hydrogen) atoms. The smallest absolute Gasteiger partial charge is 0.337 e. The first kappa shape index (κ1) is 10.8. The van der Waals surface area contributed by atoms with Gasteiger partial charge in [-0.15, -0.1) is 0 Å². The fourth-order valence-corrected chi connectivity index (χ4v) is 1.09. The predicted molar refractivity (Wildman–Crippen MR) is 54.0 cm³/mol. The van der Waals surface area contributed by atoms with Gasteiger partial charge in [-0.05, 0) is 27.1 Å². The van der Waals surface area contributed by atoms with E-state index < -0.39 is 5.63 Å². The molecule has 0 aliphatic rings. The molecule has 80 valence electrons. The summed E-state index contributed by atoms with van der Waals surface area (Å²) < 4.78 is 4.50. The van der Waals surface area contributed by atoms with Crippen LogP contribution in [0.15, 0.2) is 15.4 Å². The van der Waals surface area contributed by atoms with Crippen LogP contribution in [-0.4, -0.2) is 37.2 Å². The molecule has 3 N–H and O–H groups in total. The Bertz CT molecular complexity index is 317. The Morgan fingerprint density at radius 2 is 2.21 bits per heavy atom. The molecule has 6 heteroatoms. The highest BCUT2D eigenvalue weighted by molar-refractivity contribution is 5.32. The van der Waals surface area contributed by atoms with Crippen molar-refractivity contribution in [1.29, 1.82) is 0 Å². The molecule has 1 rings (SSSR count). The molecule has 0 unspecified atom stereocenters. The van der Waals surface area contributed by atoms with E-state index in [0.717, 1.165) is 13.0 Å². The lowest BCUT2D eigenvalue weighted by Gasteiger charge is -2.16. The van der Waals surface area contributed by atoms with E-state index >= 15 is 0 Å². The number of hydrogen-bond donors (Lipinski definition) is 2. The van der Waals surface area contributed by atoms with Crippen LogP contribution in [0.3, 0.4) is 0 Å². The first-order valence-corrected chi connectivity index (χ1v) is 4.45. The summed E-state index contributed by atoms with van der Waals surface area (Å²) in [6, 6.07) is 1.33. The lowest BCUT2D eigenvalue weighted by atomic mass is 10.4. The van der Waals surface area contributed by atoms with Gasteiger partial charge in [0.15, 0.2) is 5.82 Å². The van der Waals surface area contributed by atoms with Crippen LogP contribution >= 0.6 is 0 Å². The Hall–Kier alpha value is -1.27. The van der Waals surface area contributed by atoms with Crippen molar-refractivity contribution in [2.45, 2.75) is 6.42 Å². The quantitative estimate of drug-likeness (QED) is 0.499. The Labute approximate surface area is 82.2 Å². The average Bonchev–Trinajstić information content (AvgIpc) is 2.51.